The first kappa shape index (κ1) is 12.5. The number of rotatable bonds is 4. The lowest BCUT2D eigenvalue weighted by Crippen LogP contribution is -2.40. The molecule has 94 valence electrons. The summed E-state index contributed by atoms with van der Waals surface area (Å²) in [5.41, 5.74) is 7.00. The Balaban J connectivity index is 2.18. The molecule has 2 unspecified atom stereocenters. The Morgan fingerprint density at radius 1 is 1.53 bits per heavy atom. The minimum atomic E-state index is 0.243. The maximum absolute atomic E-state index is 5.94. The van der Waals surface area contributed by atoms with Gasteiger partial charge in [0.2, 0.25) is 0 Å². The van der Waals surface area contributed by atoms with Crippen molar-refractivity contribution < 1.29 is 0 Å². The van der Waals surface area contributed by atoms with E-state index in [1.165, 1.54) is 12.8 Å². The topological polar surface area (TPSA) is 55.0 Å². The van der Waals surface area contributed by atoms with Crippen molar-refractivity contribution in [3.63, 3.8) is 0 Å². The Labute approximate surface area is 103 Å². The summed E-state index contributed by atoms with van der Waals surface area (Å²) in [5, 5.41) is 0. The second-order valence-electron chi connectivity index (χ2n) is 5.08. The second kappa shape index (κ2) is 5.56. The Kier molecular flexibility index (Phi) is 4.07. The summed E-state index contributed by atoms with van der Waals surface area (Å²) in [4.78, 5) is 10.8. The number of hydrogen-bond donors (Lipinski definition) is 1. The lowest BCUT2D eigenvalue weighted by molar-refractivity contribution is 0.146. The summed E-state index contributed by atoms with van der Waals surface area (Å²) in [6.07, 6.45) is 5.95. The lowest BCUT2D eigenvalue weighted by atomic mass is 10.00. The van der Waals surface area contributed by atoms with Crippen molar-refractivity contribution in [2.45, 2.75) is 38.8 Å². The van der Waals surface area contributed by atoms with E-state index < -0.39 is 0 Å². The minimum absolute atomic E-state index is 0.243. The van der Waals surface area contributed by atoms with E-state index in [1.807, 2.05) is 6.07 Å². The molecule has 1 aromatic rings. The van der Waals surface area contributed by atoms with Crippen molar-refractivity contribution in [1.29, 1.82) is 0 Å². The van der Waals surface area contributed by atoms with Crippen molar-refractivity contribution in [2.24, 2.45) is 11.7 Å². The number of likely N-dealkylation sites (tertiary alicyclic amines) is 1. The molecule has 2 N–H and O–H groups in total. The SMILES string of the molecule is CC(C)C1CCCN1C(CN)c1ccncn1. The molecule has 0 radical (unpaired) electrons. The molecule has 0 spiro atoms. The molecule has 2 atom stereocenters. The predicted molar refractivity (Wildman–Crippen MR) is 68.4 cm³/mol. The Morgan fingerprint density at radius 3 is 2.94 bits per heavy atom. The van der Waals surface area contributed by atoms with Crippen LogP contribution < -0.4 is 5.73 Å². The van der Waals surface area contributed by atoms with Crippen molar-refractivity contribution in [2.75, 3.05) is 13.1 Å². The fourth-order valence-electron chi connectivity index (χ4n) is 2.84. The molecule has 17 heavy (non-hydrogen) atoms. The Hall–Kier alpha value is -1.00. The molecule has 4 heteroatoms. The zero-order chi connectivity index (χ0) is 12.3. The van der Waals surface area contributed by atoms with Crippen LogP contribution in [0.1, 0.15) is 38.4 Å². The molecule has 4 nitrogen and oxygen atoms in total. The van der Waals surface area contributed by atoms with Gasteiger partial charge in [-0.2, -0.15) is 0 Å². The van der Waals surface area contributed by atoms with Crippen molar-refractivity contribution in [3.8, 4) is 0 Å². The zero-order valence-corrected chi connectivity index (χ0v) is 10.7. The standard InChI is InChI=1S/C13H22N4/c1-10(2)12-4-3-7-17(12)13(8-14)11-5-6-15-9-16-11/h5-6,9-10,12-13H,3-4,7-8,14H2,1-2H3. The highest BCUT2D eigenvalue weighted by atomic mass is 15.2. The van der Waals surface area contributed by atoms with Gasteiger partial charge in [0.15, 0.2) is 0 Å². The summed E-state index contributed by atoms with van der Waals surface area (Å²) < 4.78 is 0. The molecule has 0 aromatic carbocycles. The molecule has 1 aliphatic rings. The van der Waals surface area contributed by atoms with Crippen LogP contribution in [0.2, 0.25) is 0 Å². The molecule has 0 amide bonds. The van der Waals surface area contributed by atoms with Gasteiger partial charge in [-0.25, -0.2) is 9.97 Å². The average Bonchev–Trinajstić information content (AvgIpc) is 2.81. The first-order valence-corrected chi connectivity index (χ1v) is 6.45. The quantitative estimate of drug-likeness (QED) is 0.859. The average molecular weight is 234 g/mol. The molecule has 2 heterocycles. The third kappa shape index (κ3) is 2.64. The van der Waals surface area contributed by atoms with Gasteiger partial charge in [-0.05, 0) is 31.4 Å². The Morgan fingerprint density at radius 2 is 2.35 bits per heavy atom. The number of hydrogen-bond acceptors (Lipinski definition) is 4. The van der Waals surface area contributed by atoms with Crippen LogP contribution in [0.15, 0.2) is 18.6 Å². The molecule has 0 saturated carbocycles. The molecule has 1 fully saturated rings. The first-order valence-electron chi connectivity index (χ1n) is 6.45. The van der Waals surface area contributed by atoms with E-state index in [1.54, 1.807) is 12.5 Å². The highest BCUT2D eigenvalue weighted by Crippen LogP contribution is 2.31. The van der Waals surface area contributed by atoms with Gasteiger partial charge in [0, 0.05) is 18.8 Å². The van der Waals surface area contributed by atoms with E-state index in [2.05, 4.69) is 28.7 Å². The van der Waals surface area contributed by atoms with Gasteiger partial charge in [-0.15, -0.1) is 0 Å². The van der Waals surface area contributed by atoms with Crippen LogP contribution >= 0.6 is 0 Å². The van der Waals surface area contributed by atoms with E-state index in [9.17, 15) is 0 Å². The monoisotopic (exact) mass is 234 g/mol. The van der Waals surface area contributed by atoms with Crippen molar-refractivity contribution >= 4 is 0 Å². The summed E-state index contributed by atoms with van der Waals surface area (Å²) in [6, 6.07) is 2.86. The smallest absolute Gasteiger partial charge is 0.115 e. The van der Waals surface area contributed by atoms with E-state index in [0.29, 0.717) is 18.5 Å². The lowest BCUT2D eigenvalue weighted by Gasteiger charge is -2.34. The number of nitrogens with two attached hydrogens (primary N) is 1. The normalized spacial score (nSPS) is 23.2. The molecule has 0 bridgehead atoms. The number of nitrogens with zero attached hydrogens (tertiary/aromatic N) is 3. The van der Waals surface area contributed by atoms with Crippen molar-refractivity contribution in [3.05, 3.63) is 24.3 Å². The molecular weight excluding hydrogens is 212 g/mol. The third-order valence-electron chi connectivity index (χ3n) is 3.68. The predicted octanol–water partition coefficient (Wildman–Crippen LogP) is 1.60. The molecular formula is C13H22N4. The molecule has 2 rings (SSSR count). The van der Waals surface area contributed by atoms with Crippen LogP contribution in [0.25, 0.3) is 0 Å². The maximum Gasteiger partial charge on any atom is 0.115 e. The van der Waals surface area contributed by atoms with Crippen molar-refractivity contribution in [1.82, 2.24) is 14.9 Å². The van der Waals surface area contributed by atoms with Crippen LogP contribution in [0.5, 0.6) is 0 Å². The molecule has 1 saturated heterocycles. The summed E-state index contributed by atoms with van der Waals surface area (Å²) in [6.45, 7) is 6.34. The number of aromatic nitrogens is 2. The van der Waals surface area contributed by atoms with E-state index in [0.717, 1.165) is 12.2 Å². The van der Waals surface area contributed by atoms with E-state index >= 15 is 0 Å². The highest BCUT2D eigenvalue weighted by molar-refractivity contribution is 5.07. The fraction of sp³-hybridized carbons (Fsp3) is 0.692. The molecule has 1 aliphatic heterocycles. The Bertz CT molecular complexity index is 339. The van der Waals surface area contributed by atoms with Gasteiger partial charge in [-0.1, -0.05) is 13.8 Å². The largest absolute Gasteiger partial charge is 0.329 e. The van der Waals surface area contributed by atoms with Crippen LogP contribution in [0, 0.1) is 5.92 Å². The van der Waals surface area contributed by atoms with E-state index in [4.69, 9.17) is 5.73 Å². The minimum Gasteiger partial charge on any atom is -0.329 e. The van der Waals surface area contributed by atoms with Crippen LogP contribution in [-0.4, -0.2) is 34.0 Å². The van der Waals surface area contributed by atoms with Crippen LogP contribution in [-0.2, 0) is 0 Å². The van der Waals surface area contributed by atoms with Crippen LogP contribution in [0.3, 0.4) is 0 Å². The summed E-state index contributed by atoms with van der Waals surface area (Å²) in [5.74, 6) is 0.674. The van der Waals surface area contributed by atoms with Crippen LogP contribution in [0.4, 0.5) is 0 Å². The first-order chi connectivity index (χ1) is 8.24. The zero-order valence-electron chi connectivity index (χ0n) is 10.7. The second-order valence-corrected chi connectivity index (χ2v) is 5.08. The summed E-state index contributed by atoms with van der Waals surface area (Å²) in [7, 11) is 0. The van der Waals surface area contributed by atoms with E-state index in [-0.39, 0.29) is 6.04 Å². The third-order valence-corrected chi connectivity index (χ3v) is 3.68. The molecule has 0 aliphatic carbocycles. The molecule has 1 aromatic heterocycles. The fourth-order valence-corrected chi connectivity index (χ4v) is 2.84. The van der Waals surface area contributed by atoms with Gasteiger partial charge in [0.25, 0.3) is 0 Å². The summed E-state index contributed by atoms with van der Waals surface area (Å²) >= 11 is 0. The van der Waals surface area contributed by atoms with Gasteiger partial charge >= 0.3 is 0 Å². The highest BCUT2D eigenvalue weighted by Gasteiger charge is 2.33. The van der Waals surface area contributed by atoms with Gasteiger partial charge in [-0.3, -0.25) is 4.90 Å². The van der Waals surface area contributed by atoms with Gasteiger partial charge in [0.05, 0.1) is 11.7 Å². The maximum atomic E-state index is 5.94. The van der Waals surface area contributed by atoms with Gasteiger partial charge < -0.3 is 5.73 Å². The van der Waals surface area contributed by atoms with Gasteiger partial charge in [0.1, 0.15) is 6.33 Å².